The summed E-state index contributed by atoms with van der Waals surface area (Å²) in [6, 6.07) is -0.677. The van der Waals surface area contributed by atoms with Crippen molar-refractivity contribution in [2.24, 2.45) is 11.3 Å². The third kappa shape index (κ3) is 10.8. The van der Waals surface area contributed by atoms with Gasteiger partial charge < -0.3 is 36.6 Å². The summed E-state index contributed by atoms with van der Waals surface area (Å²) >= 11 is 0. The first-order chi connectivity index (χ1) is 26.2. The summed E-state index contributed by atoms with van der Waals surface area (Å²) in [5.74, 6) is -5.07. The Morgan fingerprint density at radius 1 is 1.00 bits per heavy atom. The zero-order valence-electron chi connectivity index (χ0n) is 31.9. The van der Waals surface area contributed by atoms with Gasteiger partial charge in [0.05, 0.1) is 18.8 Å². The molecule has 2 aliphatic carbocycles. The molecule has 0 bridgehead atoms. The number of carbonyl (C=O) groups is 6. The molecule has 1 aromatic carbocycles. The van der Waals surface area contributed by atoms with Crippen molar-refractivity contribution in [3.63, 3.8) is 0 Å². The normalized spacial score (nSPS) is 20.4. The van der Waals surface area contributed by atoms with Crippen LogP contribution in [0.5, 0.6) is 5.75 Å². The minimum absolute atomic E-state index is 0.0407. The number of nitrogen functional groups attached to an aromatic ring is 1. The van der Waals surface area contributed by atoms with Crippen molar-refractivity contribution in [2.45, 2.75) is 128 Å². The van der Waals surface area contributed by atoms with Crippen LogP contribution in [0.25, 0.3) is 0 Å². The van der Waals surface area contributed by atoms with Crippen LogP contribution in [-0.4, -0.2) is 93.0 Å². The monoisotopic (exact) mass is 764 g/mol. The molecule has 298 valence electrons. The van der Waals surface area contributed by atoms with Gasteiger partial charge in [-0.05, 0) is 55.6 Å². The lowest BCUT2D eigenvalue weighted by Crippen LogP contribution is -2.62. The molecule has 16 heteroatoms. The molecule has 55 heavy (non-hydrogen) atoms. The first-order valence-electron chi connectivity index (χ1n) is 19.2. The summed E-state index contributed by atoms with van der Waals surface area (Å²) in [5, 5.41) is 11.1. The lowest BCUT2D eigenvalue weighted by atomic mass is 9.82. The van der Waals surface area contributed by atoms with Crippen molar-refractivity contribution < 1.29 is 37.9 Å². The predicted octanol–water partition coefficient (Wildman–Crippen LogP) is 2.59. The predicted molar refractivity (Wildman–Crippen MR) is 200 cm³/mol. The lowest BCUT2D eigenvalue weighted by molar-refractivity contribution is -0.145. The average molecular weight is 765 g/mol. The topological polar surface area (TPSA) is 215 Å². The van der Waals surface area contributed by atoms with E-state index in [1.165, 1.54) is 35.6 Å². The number of Topliss-reactive ketones (excluding diaryl/α,β-unsaturated/α-hetero) is 1. The quantitative estimate of drug-likeness (QED) is 0.132. The molecular weight excluding hydrogens is 711 g/mol. The number of nitrogens with two attached hydrogens (primary N) is 1. The molecule has 5 amide bonds. The van der Waals surface area contributed by atoms with Gasteiger partial charge in [0, 0.05) is 36.6 Å². The zero-order chi connectivity index (χ0) is 39.9. The van der Waals surface area contributed by atoms with Crippen molar-refractivity contribution >= 4 is 41.0 Å². The maximum Gasteiger partial charge on any atom is 0.289 e. The number of hydrogen-bond acceptors (Lipinski definition) is 10. The molecule has 3 fully saturated rings. The number of halogens is 1. The maximum absolute atomic E-state index is 14.9. The van der Waals surface area contributed by atoms with E-state index in [0.29, 0.717) is 19.3 Å². The number of likely N-dealkylation sites (tertiary alicyclic amines) is 1. The van der Waals surface area contributed by atoms with Crippen molar-refractivity contribution in [1.29, 1.82) is 0 Å². The third-order valence-electron chi connectivity index (χ3n) is 10.3. The van der Waals surface area contributed by atoms with Gasteiger partial charge in [-0.2, -0.15) is 0 Å². The van der Waals surface area contributed by atoms with Crippen LogP contribution in [0.2, 0.25) is 0 Å². The number of nitrogens with one attached hydrogen (secondary N) is 4. The second-order valence-corrected chi connectivity index (χ2v) is 15.9. The van der Waals surface area contributed by atoms with Gasteiger partial charge >= 0.3 is 0 Å². The largest absolute Gasteiger partial charge is 0.485 e. The van der Waals surface area contributed by atoms with Gasteiger partial charge in [-0.15, -0.1) is 0 Å². The van der Waals surface area contributed by atoms with E-state index in [9.17, 15) is 33.2 Å². The van der Waals surface area contributed by atoms with E-state index in [1.54, 1.807) is 20.8 Å². The van der Waals surface area contributed by atoms with Gasteiger partial charge in [-0.25, -0.2) is 9.37 Å². The molecular formula is C39H53FN8O7. The van der Waals surface area contributed by atoms with Gasteiger partial charge in [-0.3, -0.25) is 33.8 Å². The molecule has 5 atom stereocenters. The highest BCUT2D eigenvalue weighted by Gasteiger charge is 2.47. The summed E-state index contributed by atoms with van der Waals surface area (Å²) in [7, 11) is 0. The number of amides is 5. The number of benzene rings is 1. The summed E-state index contributed by atoms with van der Waals surface area (Å²) in [4.78, 5) is 91.5. The number of nitrogens with zero attached hydrogens (tertiary/aromatic N) is 3. The average Bonchev–Trinajstić information content (AvgIpc) is 3.87. The number of anilines is 1. The minimum atomic E-state index is -1.21. The fourth-order valence-corrected chi connectivity index (χ4v) is 7.18. The second-order valence-electron chi connectivity index (χ2n) is 15.9. The number of rotatable bonds is 15. The van der Waals surface area contributed by atoms with Gasteiger partial charge in [0.15, 0.2) is 11.6 Å². The van der Waals surface area contributed by atoms with Gasteiger partial charge in [-0.1, -0.05) is 53.4 Å². The standard InChI is InChI=1S/C39H53FN8O7/c1-5-9-27(32(49)37(53)44-24-13-14-24)45-35(51)29-19-25(55-30-15-12-23(41)18-26(30)40)21-48(29)38(54)33(39(2,3)4)47-36(52)31(22-10-7-6-8-11-22)46-34(50)28-20-42-16-17-43-28/h12,15-18,20,22,24-25,27,29,31,33H,5-11,13-14,19,21,41H2,1-4H3,(H,44,53)(H,45,51)(H,46,50)(H,47,52)/t25-,27+,29+,31+,33-/m1/s1. The first-order valence-corrected chi connectivity index (χ1v) is 19.2. The molecule has 0 unspecified atom stereocenters. The zero-order valence-corrected chi connectivity index (χ0v) is 31.9. The maximum atomic E-state index is 14.9. The molecule has 2 saturated carbocycles. The van der Waals surface area contributed by atoms with E-state index in [1.807, 2.05) is 6.92 Å². The van der Waals surface area contributed by atoms with Crippen LogP contribution in [0.3, 0.4) is 0 Å². The molecule has 3 aliphatic rings. The van der Waals surface area contributed by atoms with E-state index >= 15 is 0 Å². The molecule has 1 saturated heterocycles. The van der Waals surface area contributed by atoms with Crippen molar-refractivity contribution in [2.75, 3.05) is 12.3 Å². The summed E-state index contributed by atoms with van der Waals surface area (Å²) < 4.78 is 20.8. The molecule has 1 aliphatic heterocycles. The van der Waals surface area contributed by atoms with E-state index in [2.05, 4.69) is 31.2 Å². The van der Waals surface area contributed by atoms with Crippen LogP contribution in [0, 0.1) is 17.2 Å². The molecule has 0 spiro atoms. The van der Waals surface area contributed by atoms with Crippen molar-refractivity contribution in [3.8, 4) is 5.75 Å². The van der Waals surface area contributed by atoms with E-state index < -0.39 is 76.8 Å². The second kappa shape index (κ2) is 18.0. The van der Waals surface area contributed by atoms with E-state index in [0.717, 1.165) is 38.2 Å². The molecule has 15 nitrogen and oxygen atoms in total. The highest BCUT2D eigenvalue weighted by Crippen LogP contribution is 2.31. The fourth-order valence-electron chi connectivity index (χ4n) is 7.18. The first kappa shape index (κ1) is 41.0. The number of aromatic nitrogens is 2. The Morgan fingerprint density at radius 2 is 1.73 bits per heavy atom. The van der Waals surface area contributed by atoms with E-state index in [-0.39, 0.29) is 48.5 Å². The Balaban J connectivity index is 1.41. The molecule has 0 radical (unpaired) electrons. The third-order valence-corrected chi connectivity index (χ3v) is 10.3. The van der Waals surface area contributed by atoms with Gasteiger partial charge in [0.25, 0.3) is 11.8 Å². The van der Waals surface area contributed by atoms with E-state index in [4.69, 9.17) is 10.5 Å². The van der Waals surface area contributed by atoms with Crippen LogP contribution in [0.15, 0.2) is 36.8 Å². The number of ether oxygens (including phenoxy) is 1. The smallest absolute Gasteiger partial charge is 0.289 e. The summed E-state index contributed by atoms with van der Waals surface area (Å²) in [6.45, 7) is 6.95. The SMILES string of the molecule is CCC[C@H](NC(=O)[C@@H]1C[C@@H](Oc2ccc(N)cc2F)CN1C(=O)[C@@H](NC(=O)[C@@H](NC(=O)c1cnccn1)C1CCCCC1)C(C)(C)C)C(=O)C(=O)NC1CC1. The molecule has 2 heterocycles. The molecule has 1 aromatic heterocycles. The number of ketones is 1. The summed E-state index contributed by atoms with van der Waals surface area (Å²) in [5.41, 5.74) is 5.05. The number of carbonyl (C=O) groups excluding carboxylic acids is 6. The minimum Gasteiger partial charge on any atom is -0.485 e. The lowest BCUT2D eigenvalue weighted by Gasteiger charge is -2.37. The Labute approximate surface area is 320 Å². The van der Waals surface area contributed by atoms with Gasteiger partial charge in [0.2, 0.25) is 23.5 Å². The van der Waals surface area contributed by atoms with Crippen LogP contribution in [0.1, 0.15) is 102 Å². The molecule has 5 rings (SSSR count). The fraction of sp³-hybridized carbons (Fsp3) is 0.590. The van der Waals surface area contributed by atoms with Crippen LogP contribution >= 0.6 is 0 Å². The van der Waals surface area contributed by atoms with Crippen LogP contribution in [-0.2, 0) is 24.0 Å². The Bertz CT molecular complexity index is 1730. The molecule has 6 N–H and O–H groups in total. The molecule has 2 aromatic rings. The highest BCUT2D eigenvalue weighted by molar-refractivity contribution is 6.38. The van der Waals surface area contributed by atoms with Crippen molar-refractivity contribution in [3.05, 3.63) is 48.3 Å². The number of hydrogen-bond donors (Lipinski definition) is 5. The van der Waals surface area contributed by atoms with Crippen molar-refractivity contribution in [1.82, 2.24) is 36.1 Å². The Morgan fingerprint density at radius 3 is 2.35 bits per heavy atom. The Kier molecular flexibility index (Phi) is 13.4. The van der Waals surface area contributed by atoms with Gasteiger partial charge in [0.1, 0.15) is 29.9 Å². The van der Waals surface area contributed by atoms with Crippen LogP contribution < -0.4 is 31.7 Å². The summed E-state index contributed by atoms with van der Waals surface area (Å²) in [6.07, 6.45) is 9.54. The highest BCUT2D eigenvalue weighted by atomic mass is 19.1. The Hall–Kier alpha value is -5.15. The van der Waals surface area contributed by atoms with Crippen LogP contribution in [0.4, 0.5) is 10.1 Å².